The van der Waals surface area contributed by atoms with E-state index in [1.54, 1.807) is 0 Å². The van der Waals surface area contributed by atoms with Crippen molar-refractivity contribution in [1.29, 1.82) is 0 Å². The number of aliphatic hydroxyl groups is 1. The summed E-state index contributed by atoms with van der Waals surface area (Å²) in [6, 6.07) is 18.4. The second-order valence-corrected chi connectivity index (χ2v) is 19.2. The van der Waals surface area contributed by atoms with Crippen molar-refractivity contribution in [3.8, 4) is 17.1 Å². The SMILES string of the molecule is Cc1c([C@H](O)C(C)(C)C)cc2n(c1=O)Cc1c-2nc2ccc(OCc3ccccc3)cc2c1[Si](C)(C)C(C)(C)C. The topological polar surface area (TPSA) is 64.4 Å². The van der Waals surface area contributed by atoms with E-state index in [9.17, 15) is 9.90 Å². The van der Waals surface area contributed by atoms with Crippen molar-refractivity contribution in [2.75, 3.05) is 0 Å². The normalized spacial score (nSPS) is 14.2. The average Bonchev–Trinajstić information content (AvgIpc) is 3.24. The average molecular weight is 555 g/mol. The first-order valence-corrected chi connectivity index (χ1v) is 17.2. The van der Waals surface area contributed by atoms with E-state index in [1.807, 2.05) is 68.7 Å². The van der Waals surface area contributed by atoms with E-state index in [-0.39, 0.29) is 10.6 Å². The minimum Gasteiger partial charge on any atom is -0.489 e. The summed E-state index contributed by atoms with van der Waals surface area (Å²) in [5, 5.41) is 13.7. The highest BCUT2D eigenvalue weighted by Gasteiger charge is 2.42. The van der Waals surface area contributed by atoms with Gasteiger partial charge in [-0.25, -0.2) is 4.98 Å². The molecule has 0 saturated heterocycles. The van der Waals surface area contributed by atoms with Crippen LogP contribution in [0, 0.1) is 12.3 Å². The molecule has 0 radical (unpaired) electrons. The second-order valence-electron chi connectivity index (χ2n) is 13.9. The Labute approximate surface area is 238 Å². The van der Waals surface area contributed by atoms with Gasteiger partial charge in [-0.15, -0.1) is 0 Å². The molecule has 2 aromatic heterocycles. The fourth-order valence-electron chi connectivity index (χ4n) is 5.60. The van der Waals surface area contributed by atoms with Gasteiger partial charge in [-0.05, 0) is 63.5 Å². The van der Waals surface area contributed by atoms with Gasteiger partial charge in [0, 0.05) is 10.9 Å². The lowest BCUT2D eigenvalue weighted by Crippen LogP contribution is -2.51. The molecule has 1 atom stereocenters. The highest BCUT2D eigenvalue weighted by atomic mass is 28.3. The first-order valence-electron chi connectivity index (χ1n) is 14.2. The van der Waals surface area contributed by atoms with Crippen LogP contribution in [-0.4, -0.2) is 22.7 Å². The molecule has 6 heteroatoms. The fourth-order valence-corrected chi connectivity index (χ4v) is 8.17. The zero-order valence-electron chi connectivity index (χ0n) is 25.3. The first kappa shape index (κ1) is 28.3. The Balaban J connectivity index is 1.73. The molecule has 40 heavy (non-hydrogen) atoms. The number of aliphatic hydroxyl groups excluding tert-OH is 1. The van der Waals surface area contributed by atoms with Crippen LogP contribution >= 0.6 is 0 Å². The van der Waals surface area contributed by atoms with Crippen molar-refractivity contribution >= 4 is 24.2 Å². The molecular weight excluding hydrogens is 512 g/mol. The molecule has 1 aliphatic heterocycles. The zero-order valence-corrected chi connectivity index (χ0v) is 26.3. The van der Waals surface area contributed by atoms with Crippen molar-refractivity contribution in [3.63, 3.8) is 0 Å². The summed E-state index contributed by atoms with van der Waals surface area (Å²) in [6.45, 7) is 20.6. The van der Waals surface area contributed by atoms with Crippen LogP contribution in [0.15, 0.2) is 59.4 Å². The third-order valence-corrected chi connectivity index (χ3v) is 14.6. The Morgan fingerprint density at radius 1 is 1.02 bits per heavy atom. The van der Waals surface area contributed by atoms with Gasteiger partial charge in [0.2, 0.25) is 0 Å². The Kier molecular flexibility index (Phi) is 6.87. The lowest BCUT2D eigenvalue weighted by atomic mass is 9.83. The number of ether oxygens (including phenoxy) is 1. The largest absolute Gasteiger partial charge is 0.489 e. The molecule has 2 aromatic carbocycles. The molecule has 1 aliphatic rings. The van der Waals surface area contributed by atoms with Crippen LogP contribution in [0.25, 0.3) is 22.3 Å². The van der Waals surface area contributed by atoms with Crippen LogP contribution < -0.4 is 15.5 Å². The molecule has 0 fully saturated rings. The minimum atomic E-state index is -2.11. The quantitative estimate of drug-likeness (QED) is 0.235. The zero-order chi connectivity index (χ0) is 29.2. The lowest BCUT2D eigenvalue weighted by Gasteiger charge is -2.39. The van der Waals surface area contributed by atoms with Gasteiger partial charge in [-0.2, -0.15) is 0 Å². The van der Waals surface area contributed by atoms with E-state index in [4.69, 9.17) is 9.72 Å². The van der Waals surface area contributed by atoms with E-state index in [2.05, 4.69) is 52.1 Å². The lowest BCUT2D eigenvalue weighted by molar-refractivity contribution is 0.0619. The number of nitrogens with zero attached hydrogens (tertiary/aromatic N) is 2. The van der Waals surface area contributed by atoms with Crippen LogP contribution in [0.1, 0.15) is 69.9 Å². The van der Waals surface area contributed by atoms with Gasteiger partial charge in [0.05, 0.1) is 37.6 Å². The number of hydrogen-bond acceptors (Lipinski definition) is 4. The maximum absolute atomic E-state index is 13.7. The van der Waals surface area contributed by atoms with E-state index >= 15 is 0 Å². The van der Waals surface area contributed by atoms with Gasteiger partial charge >= 0.3 is 0 Å². The summed E-state index contributed by atoms with van der Waals surface area (Å²) in [5.74, 6) is 0.817. The van der Waals surface area contributed by atoms with Gasteiger partial charge in [0.1, 0.15) is 12.4 Å². The standard InChI is InChI=1S/C34H42N2O3Si/c1-21-24(31(37)33(2,3)4)18-28-29-26(19-36(28)32(21)38)30(40(8,9)34(5,6)7)25-17-23(15-16-27(25)35-29)39-20-22-13-11-10-12-14-22/h10-18,31,37H,19-20H2,1-9H3/t31-/m0/s1. The Morgan fingerprint density at radius 3 is 2.33 bits per heavy atom. The summed E-state index contributed by atoms with van der Waals surface area (Å²) in [4.78, 5) is 18.9. The molecule has 210 valence electrons. The maximum atomic E-state index is 13.7. The van der Waals surface area contributed by atoms with Crippen LogP contribution in [-0.2, 0) is 13.2 Å². The van der Waals surface area contributed by atoms with Gasteiger partial charge < -0.3 is 14.4 Å². The van der Waals surface area contributed by atoms with Crippen molar-refractivity contribution in [2.45, 2.75) is 85.9 Å². The molecule has 0 bridgehead atoms. The van der Waals surface area contributed by atoms with Crippen LogP contribution in [0.5, 0.6) is 5.75 Å². The molecule has 5 nitrogen and oxygen atoms in total. The van der Waals surface area contributed by atoms with E-state index < -0.39 is 19.6 Å². The van der Waals surface area contributed by atoms with Crippen molar-refractivity contribution in [3.05, 3.63) is 87.2 Å². The van der Waals surface area contributed by atoms with E-state index in [0.29, 0.717) is 24.3 Å². The number of benzene rings is 2. The first-order chi connectivity index (χ1) is 18.6. The summed E-state index contributed by atoms with van der Waals surface area (Å²) < 4.78 is 8.10. The van der Waals surface area contributed by atoms with Gasteiger partial charge in [0.25, 0.3) is 5.56 Å². The third-order valence-electron chi connectivity index (χ3n) is 9.06. The molecule has 3 heterocycles. The molecule has 0 unspecified atom stereocenters. The number of hydrogen-bond donors (Lipinski definition) is 1. The van der Waals surface area contributed by atoms with Crippen LogP contribution in [0.4, 0.5) is 0 Å². The fraction of sp³-hybridized carbons (Fsp3) is 0.412. The minimum absolute atomic E-state index is 0.0501. The molecule has 0 amide bonds. The maximum Gasteiger partial charge on any atom is 0.254 e. The van der Waals surface area contributed by atoms with Crippen molar-refractivity contribution in [1.82, 2.24) is 9.55 Å². The van der Waals surface area contributed by atoms with Crippen LogP contribution in [0.2, 0.25) is 18.1 Å². The summed E-state index contributed by atoms with van der Waals surface area (Å²) in [5.41, 5.74) is 5.69. The van der Waals surface area contributed by atoms with E-state index in [0.717, 1.165) is 39.2 Å². The van der Waals surface area contributed by atoms with Crippen molar-refractivity contribution in [2.24, 2.45) is 5.41 Å². The molecule has 1 N–H and O–H groups in total. The number of aromatic nitrogens is 2. The highest BCUT2D eigenvalue weighted by Crippen LogP contribution is 2.42. The predicted molar refractivity (Wildman–Crippen MR) is 167 cm³/mol. The van der Waals surface area contributed by atoms with Crippen molar-refractivity contribution < 1.29 is 9.84 Å². The summed E-state index contributed by atoms with van der Waals surface area (Å²) in [6.07, 6.45) is -0.750. The monoisotopic (exact) mass is 554 g/mol. The molecule has 0 spiro atoms. The van der Waals surface area contributed by atoms with E-state index in [1.165, 1.54) is 5.19 Å². The van der Waals surface area contributed by atoms with Crippen LogP contribution in [0.3, 0.4) is 0 Å². The predicted octanol–water partition coefficient (Wildman–Crippen LogP) is 7.11. The van der Waals surface area contributed by atoms with Gasteiger partial charge in [0.15, 0.2) is 0 Å². The molecular formula is C34H42N2O3Si. The smallest absolute Gasteiger partial charge is 0.254 e. The third kappa shape index (κ3) is 4.71. The number of rotatable bonds is 5. The second kappa shape index (κ2) is 9.70. The van der Waals surface area contributed by atoms with Gasteiger partial charge in [-0.3, -0.25) is 4.79 Å². The molecule has 5 rings (SSSR count). The summed E-state index contributed by atoms with van der Waals surface area (Å²) >= 11 is 0. The van der Waals surface area contributed by atoms with Gasteiger partial charge in [-0.1, -0.05) is 85.0 Å². The number of fused-ring (bicyclic) bond motifs is 4. The Hall–Kier alpha value is -3.22. The molecule has 4 aromatic rings. The summed E-state index contributed by atoms with van der Waals surface area (Å²) in [7, 11) is -2.11. The molecule has 0 saturated carbocycles. The Morgan fingerprint density at radius 2 is 1.70 bits per heavy atom. The number of pyridine rings is 2. The Bertz CT molecular complexity index is 1660. The molecule has 0 aliphatic carbocycles. The highest BCUT2D eigenvalue weighted by molar-refractivity contribution is 6.94.